The molecule has 0 bridgehead atoms. The number of hydrogen-bond donors (Lipinski definition) is 2. The molecular weight excluding hydrogens is 360 g/mol. The summed E-state index contributed by atoms with van der Waals surface area (Å²) in [5.41, 5.74) is 5.67. The number of nitrogens with one attached hydrogen (secondary N) is 2. The molecular formula is C24H28N4O. The Morgan fingerprint density at radius 3 is 2.45 bits per heavy atom. The third-order valence-corrected chi connectivity index (χ3v) is 5.17. The zero-order valence-electron chi connectivity index (χ0n) is 17.1. The lowest BCUT2D eigenvalue weighted by atomic mass is 9.96. The molecule has 0 aliphatic rings. The monoisotopic (exact) mass is 388 g/mol. The highest BCUT2D eigenvalue weighted by molar-refractivity contribution is 5.83. The van der Waals surface area contributed by atoms with Crippen LogP contribution in [0, 0.1) is 13.8 Å². The van der Waals surface area contributed by atoms with E-state index in [9.17, 15) is 4.79 Å². The summed E-state index contributed by atoms with van der Waals surface area (Å²) in [4.78, 5) is 21.2. The molecule has 29 heavy (non-hydrogen) atoms. The van der Waals surface area contributed by atoms with Crippen molar-refractivity contribution in [3.05, 3.63) is 95.1 Å². The maximum atomic E-state index is 13.0. The standard InChI is InChI=1S/C24H28N4O/c1-18-5-3-7-22(19(18)2)23(27-15-10-20-8-13-25-14-9-20)24(29)28-16-11-21-6-4-12-26-17-21/h3-9,12-14,17,23,27H,10-11,15-16H2,1-2H3,(H,28,29). The second kappa shape index (κ2) is 10.5. The Balaban J connectivity index is 1.66. The van der Waals surface area contributed by atoms with Crippen LogP contribution in [0.3, 0.4) is 0 Å². The summed E-state index contributed by atoms with van der Waals surface area (Å²) in [6.07, 6.45) is 8.78. The van der Waals surface area contributed by atoms with E-state index in [4.69, 9.17) is 0 Å². The highest BCUT2D eigenvalue weighted by atomic mass is 16.2. The van der Waals surface area contributed by atoms with Crippen molar-refractivity contribution in [3.63, 3.8) is 0 Å². The van der Waals surface area contributed by atoms with Gasteiger partial charge in [0.05, 0.1) is 0 Å². The maximum Gasteiger partial charge on any atom is 0.241 e. The summed E-state index contributed by atoms with van der Waals surface area (Å²) < 4.78 is 0. The van der Waals surface area contributed by atoms with Crippen molar-refractivity contribution in [2.75, 3.05) is 13.1 Å². The van der Waals surface area contributed by atoms with Crippen molar-refractivity contribution < 1.29 is 4.79 Å². The van der Waals surface area contributed by atoms with Gasteiger partial charge in [0, 0.05) is 37.9 Å². The fourth-order valence-corrected chi connectivity index (χ4v) is 3.32. The highest BCUT2D eigenvalue weighted by Crippen LogP contribution is 2.21. The van der Waals surface area contributed by atoms with E-state index in [0.717, 1.165) is 29.5 Å². The summed E-state index contributed by atoms with van der Waals surface area (Å²) in [6.45, 7) is 5.44. The zero-order valence-corrected chi connectivity index (χ0v) is 17.1. The van der Waals surface area contributed by atoms with Gasteiger partial charge in [-0.2, -0.15) is 0 Å². The molecule has 3 rings (SSSR count). The molecule has 0 aliphatic carbocycles. The number of benzene rings is 1. The van der Waals surface area contributed by atoms with Crippen molar-refractivity contribution in [3.8, 4) is 0 Å². The molecule has 5 heteroatoms. The topological polar surface area (TPSA) is 66.9 Å². The van der Waals surface area contributed by atoms with Gasteiger partial charge in [-0.15, -0.1) is 0 Å². The number of carbonyl (C=O) groups is 1. The number of nitrogens with zero attached hydrogens (tertiary/aromatic N) is 2. The van der Waals surface area contributed by atoms with E-state index in [1.807, 2.05) is 42.6 Å². The van der Waals surface area contributed by atoms with Crippen LogP contribution in [-0.4, -0.2) is 29.0 Å². The first-order valence-corrected chi connectivity index (χ1v) is 10.00. The van der Waals surface area contributed by atoms with Crippen LogP contribution >= 0.6 is 0 Å². The number of aryl methyl sites for hydroxylation is 1. The highest BCUT2D eigenvalue weighted by Gasteiger charge is 2.21. The fraction of sp³-hybridized carbons (Fsp3) is 0.292. The minimum atomic E-state index is -0.384. The molecule has 1 atom stereocenters. The molecule has 3 aromatic rings. The summed E-state index contributed by atoms with van der Waals surface area (Å²) in [7, 11) is 0. The molecule has 1 aromatic carbocycles. The van der Waals surface area contributed by atoms with E-state index < -0.39 is 0 Å². The lowest BCUT2D eigenvalue weighted by Crippen LogP contribution is -2.39. The van der Waals surface area contributed by atoms with Crippen LogP contribution in [0.4, 0.5) is 0 Å². The average Bonchev–Trinajstić information content (AvgIpc) is 2.75. The van der Waals surface area contributed by atoms with Crippen molar-refractivity contribution in [2.24, 2.45) is 0 Å². The molecule has 0 saturated carbocycles. The Hall–Kier alpha value is -3.05. The summed E-state index contributed by atoms with van der Waals surface area (Å²) in [5.74, 6) is -0.00248. The molecule has 2 aromatic heterocycles. The Morgan fingerprint density at radius 2 is 1.69 bits per heavy atom. The maximum absolute atomic E-state index is 13.0. The smallest absolute Gasteiger partial charge is 0.241 e. The van der Waals surface area contributed by atoms with Crippen LogP contribution in [0.15, 0.2) is 67.3 Å². The first kappa shape index (κ1) is 20.7. The first-order valence-electron chi connectivity index (χ1n) is 10.00. The minimum absolute atomic E-state index is 0.00248. The lowest BCUT2D eigenvalue weighted by molar-refractivity contribution is -0.123. The average molecular weight is 389 g/mol. The molecule has 1 amide bonds. The SMILES string of the molecule is Cc1cccc(C(NCCc2ccncc2)C(=O)NCCc2cccnc2)c1C. The second-order valence-corrected chi connectivity index (χ2v) is 7.18. The molecule has 0 fully saturated rings. The quantitative estimate of drug-likeness (QED) is 0.590. The molecule has 0 spiro atoms. The van der Waals surface area contributed by atoms with Crippen LogP contribution in [0.25, 0.3) is 0 Å². The summed E-state index contributed by atoms with van der Waals surface area (Å²) in [5, 5.41) is 6.54. The van der Waals surface area contributed by atoms with E-state index >= 15 is 0 Å². The van der Waals surface area contributed by atoms with Gasteiger partial charge in [0.15, 0.2) is 0 Å². The normalized spacial score (nSPS) is 11.8. The van der Waals surface area contributed by atoms with Gasteiger partial charge < -0.3 is 10.6 Å². The van der Waals surface area contributed by atoms with Gasteiger partial charge in [0.25, 0.3) is 0 Å². The number of pyridine rings is 2. The van der Waals surface area contributed by atoms with Crippen LogP contribution in [0.5, 0.6) is 0 Å². The Bertz CT molecular complexity index is 913. The molecule has 2 N–H and O–H groups in total. The zero-order chi connectivity index (χ0) is 20.5. The summed E-state index contributed by atoms with van der Waals surface area (Å²) in [6, 6.07) is 13.7. The van der Waals surface area contributed by atoms with Crippen molar-refractivity contribution in [1.82, 2.24) is 20.6 Å². The second-order valence-electron chi connectivity index (χ2n) is 7.18. The van der Waals surface area contributed by atoms with Crippen LogP contribution < -0.4 is 10.6 Å². The molecule has 0 aliphatic heterocycles. The van der Waals surface area contributed by atoms with Crippen molar-refractivity contribution in [2.45, 2.75) is 32.7 Å². The molecule has 0 radical (unpaired) electrons. The number of aromatic nitrogens is 2. The van der Waals surface area contributed by atoms with Gasteiger partial charge in [-0.3, -0.25) is 14.8 Å². The minimum Gasteiger partial charge on any atom is -0.354 e. The van der Waals surface area contributed by atoms with Gasteiger partial charge >= 0.3 is 0 Å². The fourth-order valence-electron chi connectivity index (χ4n) is 3.32. The molecule has 2 heterocycles. The summed E-state index contributed by atoms with van der Waals surface area (Å²) >= 11 is 0. The first-order chi connectivity index (χ1) is 14.1. The van der Waals surface area contributed by atoms with Crippen LogP contribution in [0.2, 0.25) is 0 Å². The number of carbonyl (C=O) groups excluding carboxylic acids is 1. The number of rotatable bonds is 9. The number of amides is 1. The van der Waals surface area contributed by atoms with Gasteiger partial charge in [-0.25, -0.2) is 0 Å². The molecule has 5 nitrogen and oxygen atoms in total. The van der Waals surface area contributed by atoms with Gasteiger partial charge in [-0.1, -0.05) is 24.3 Å². The van der Waals surface area contributed by atoms with E-state index in [1.54, 1.807) is 18.6 Å². The molecule has 150 valence electrons. The predicted molar refractivity (Wildman–Crippen MR) is 116 cm³/mol. The van der Waals surface area contributed by atoms with Gasteiger partial charge in [0.1, 0.15) is 6.04 Å². The Labute approximate surface area is 172 Å². The van der Waals surface area contributed by atoms with E-state index in [1.165, 1.54) is 11.1 Å². The van der Waals surface area contributed by atoms with Crippen LogP contribution in [-0.2, 0) is 17.6 Å². The van der Waals surface area contributed by atoms with Crippen molar-refractivity contribution >= 4 is 5.91 Å². The van der Waals surface area contributed by atoms with E-state index in [-0.39, 0.29) is 11.9 Å². The number of hydrogen-bond acceptors (Lipinski definition) is 4. The van der Waals surface area contributed by atoms with Gasteiger partial charge in [-0.05, 0) is 72.7 Å². The predicted octanol–water partition coefficient (Wildman–Crippen LogP) is 3.33. The lowest BCUT2D eigenvalue weighted by Gasteiger charge is -2.21. The Kier molecular flexibility index (Phi) is 7.47. The molecule has 0 saturated heterocycles. The third-order valence-electron chi connectivity index (χ3n) is 5.17. The van der Waals surface area contributed by atoms with Crippen molar-refractivity contribution in [1.29, 1.82) is 0 Å². The van der Waals surface area contributed by atoms with Gasteiger partial charge in [0.2, 0.25) is 5.91 Å². The Morgan fingerprint density at radius 1 is 0.897 bits per heavy atom. The largest absolute Gasteiger partial charge is 0.354 e. The third kappa shape index (κ3) is 5.96. The van der Waals surface area contributed by atoms with Crippen LogP contribution in [0.1, 0.15) is 33.9 Å². The van der Waals surface area contributed by atoms with E-state index in [2.05, 4.69) is 40.5 Å². The molecule has 1 unspecified atom stereocenters. The van der Waals surface area contributed by atoms with E-state index in [0.29, 0.717) is 13.1 Å².